The van der Waals surface area contributed by atoms with Gasteiger partial charge in [-0.3, -0.25) is 0 Å². The lowest BCUT2D eigenvalue weighted by molar-refractivity contribution is -0.142. The molecule has 6 nitrogen and oxygen atoms in total. The SMILES string of the molecule is COC(=O)C1=C(C(F)(F)F)N2c3ccccc3C=C[C@H]2O[C@H]1c1ccc(C(=O)OC)cc1. The molecule has 0 fully saturated rings. The molecular formula is C23H18F3NO5. The zero-order chi connectivity index (χ0) is 23.0. The van der Waals surface area contributed by atoms with Crippen LogP contribution < -0.4 is 4.90 Å². The van der Waals surface area contributed by atoms with Crippen LogP contribution in [0.3, 0.4) is 0 Å². The normalized spacial score (nSPS) is 19.8. The first-order chi connectivity index (χ1) is 15.3. The monoisotopic (exact) mass is 445 g/mol. The minimum Gasteiger partial charge on any atom is -0.466 e. The third-order valence-electron chi connectivity index (χ3n) is 5.23. The predicted molar refractivity (Wildman–Crippen MR) is 108 cm³/mol. The molecule has 0 unspecified atom stereocenters. The largest absolute Gasteiger partial charge is 0.466 e. The van der Waals surface area contributed by atoms with Crippen LogP contribution in [0.4, 0.5) is 18.9 Å². The number of fused-ring (bicyclic) bond motifs is 3. The van der Waals surface area contributed by atoms with E-state index >= 15 is 0 Å². The van der Waals surface area contributed by atoms with Gasteiger partial charge in [-0.25, -0.2) is 9.59 Å². The number of alkyl halides is 3. The van der Waals surface area contributed by atoms with E-state index in [1.807, 2.05) is 0 Å². The summed E-state index contributed by atoms with van der Waals surface area (Å²) >= 11 is 0. The Labute approximate surface area is 181 Å². The van der Waals surface area contributed by atoms with Crippen LogP contribution in [0, 0.1) is 0 Å². The van der Waals surface area contributed by atoms with Gasteiger partial charge in [0.2, 0.25) is 0 Å². The number of nitrogens with zero attached hydrogens (tertiary/aromatic N) is 1. The molecule has 2 aromatic rings. The molecular weight excluding hydrogens is 427 g/mol. The number of hydrogen-bond donors (Lipinski definition) is 0. The van der Waals surface area contributed by atoms with Crippen LogP contribution in [0.15, 0.2) is 65.9 Å². The molecule has 0 radical (unpaired) electrons. The van der Waals surface area contributed by atoms with Crippen molar-refractivity contribution in [1.82, 2.24) is 0 Å². The number of halogens is 3. The maximum absolute atomic E-state index is 14.4. The van der Waals surface area contributed by atoms with Crippen LogP contribution in [-0.2, 0) is 19.0 Å². The first-order valence-electron chi connectivity index (χ1n) is 9.56. The van der Waals surface area contributed by atoms with Gasteiger partial charge in [0.15, 0.2) is 6.23 Å². The van der Waals surface area contributed by atoms with Crippen LogP contribution >= 0.6 is 0 Å². The number of carbonyl (C=O) groups excluding carboxylic acids is 2. The van der Waals surface area contributed by atoms with Crippen molar-refractivity contribution in [1.29, 1.82) is 0 Å². The number of hydrogen-bond acceptors (Lipinski definition) is 6. The van der Waals surface area contributed by atoms with Crippen molar-refractivity contribution in [2.24, 2.45) is 0 Å². The van der Waals surface area contributed by atoms with Gasteiger partial charge in [0.05, 0.1) is 31.0 Å². The van der Waals surface area contributed by atoms with Gasteiger partial charge in [0, 0.05) is 0 Å². The highest BCUT2D eigenvalue weighted by molar-refractivity contribution is 5.93. The Morgan fingerprint density at radius 2 is 1.62 bits per heavy atom. The Hall–Kier alpha value is -3.59. The van der Waals surface area contributed by atoms with E-state index in [2.05, 4.69) is 4.74 Å². The van der Waals surface area contributed by atoms with E-state index in [1.54, 1.807) is 24.3 Å². The van der Waals surface area contributed by atoms with E-state index in [1.165, 1.54) is 43.5 Å². The molecule has 2 aliphatic rings. The van der Waals surface area contributed by atoms with Crippen molar-refractivity contribution in [2.45, 2.75) is 18.5 Å². The highest BCUT2D eigenvalue weighted by Crippen LogP contribution is 2.48. The number of allylic oxidation sites excluding steroid dienone is 1. The molecule has 32 heavy (non-hydrogen) atoms. The van der Waals surface area contributed by atoms with Gasteiger partial charge in [0.1, 0.15) is 11.8 Å². The minimum absolute atomic E-state index is 0.208. The summed E-state index contributed by atoms with van der Waals surface area (Å²) in [4.78, 5) is 25.3. The van der Waals surface area contributed by atoms with Crippen LogP contribution in [0.1, 0.15) is 27.6 Å². The molecule has 0 bridgehead atoms. The molecule has 2 aliphatic heterocycles. The maximum Gasteiger partial charge on any atom is 0.432 e. The number of para-hydroxylation sites is 1. The lowest BCUT2D eigenvalue weighted by Crippen LogP contribution is -2.49. The highest BCUT2D eigenvalue weighted by atomic mass is 19.4. The van der Waals surface area contributed by atoms with Crippen molar-refractivity contribution >= 4 is 23.7 Å². The summed E-state index contributed by atoms with van der Waals surface area (Å²) in [6.45, 7) is 0. The Balaban J connectivity index is 1.92. The topological polar surface area (TPSA) is 65.1 Å². The Bertz CT molecular complexity index is 1120. The number of anilines is 1. The molecule has 9 heteroatoms. The number of rotatable bonds is 3. The van der Waals surface area contributed by atoms with Crippen LogP contribution in [0.25, 0.3) is 6.08 Å². The van der Waals surface area contributed by atoms with Gasteiger partial charge in [-0.1, -0.05) is 36.4 Å². The quantitative estimate of drug-likeness (QED) is 0.653. The second-order valence-corrected chi connectivity index (χ2v) is 7.06. The summed E-state index contributed by atoms with van der Waals surface area (Å²) in [7, 11) is 2.23. The van der Waals surface area contributed by atoms with Crippen molar-refractivity contribution < 1.29 is 37.0 Å². The molecule has 0 amide bonds. The van der Waals surface area contributed by atoms with Crippen molar-refractivity contribution in [2.75, 3.05) is 19.1 Å². The molecule has 0 saturated heterocycles. The molecule has 0 N–H and O–H groups in total. The molecule has 0 saturated carbocycles. The molecule has 2 atom stereocenters. The average molecular weight is 445 g/mol. The first kappa shape index (κ1) is 21.6. The van der Waals surface area contributed by atoms with Crippen molar-refractivity contribution in [3.8, 4) is 0 Å². The van der Waals surface area contributed by atoms with Crippen molar-refractivity contribution in [3.63, 3.8) is 0 Å². The number of methoxy groups -OCH3 is 2. The summed E-state index contributed by atoms with van der Waals surface area (Å²) in [6, 6.07) is 12.1. The van der Waals surface area contributed by atoms with Crippen LogP contribution in [0.2, 0.25) is 0 Å². The van der Waals surface area contributed by atoms with E-state index in [0.717, 1.165) is 12.0 Å². The summed E-state index contributed by atoms with van der Waals surface area (Å²) in [5.74, 6) is -1.76. The van der Waals surface area contributed by atoms with E-state index in [9.17, 15) is 22.8 Å². The van der Waals surface area contributed by atoms with E-state index in [0.29, 0.717) is 5.56 Å². The van der Waals surface area contributed by atoms with Gasteiger partial charge in [-0.15, -0.1) is 0 Å². The van der Waals surface area contributed by atoms with E-state index in [4.69, 9.17) is 9.47 Å². The lowest BCUT2D eigenvalue weighted by atomic mass is 9.94. The second-order valence-electron chi connectivity index (χ2n) is 7.06. The van der Waals surface area contributed by atoms with E-state index in [-0.39, 0.29) is 16.8 Å². The predicted octanol–water partition coefficient (Wildman–Crippen LogP) is 4.39. The van der Waals surface area contributed by atoms with Gasteiger partial charge >= 0.3 is 18.1 Å². The van der Waals surface area contributed by atoms with E-state index < -0.39 is 41.7 Å². The molecule has 166 valence electrons. The Kier molecular flexibility index (Phi) is 5.52. The summed E-state index contributed by atoms with van der Waals surface area (Å²) < 4.78 is 58.6. The minimum atomic E-state index is -4.88. The standard InChI is InChI=1S/C23H18F3NO5/c1-30-21(28)15-9-7-14(8-10-15)19-18(22(29)31-2)20(23(24,25)26)27-16-6-4-3-5-13(16)11-12-17(27)32-19/h3-12,17,19H,1-2H3/t17-,19+/m1/s1. The molecule has 0 aromatic heterocycles. The fraction of sp³-hybridized carbons (Fsp3) is 0.217. The average Bonchev–Trinajstić information content (AvgIpc) is 2.81. The smallest absolute Gasteiger partial charge is 0.432 e. The van der Waals surface area contributed by atoms with Crippen LogP contribution in [0.5, 0.6) is 0 Å². The summed E-state index contributed by atoms with van der Waals surface area (Å²) in [5, 5.41) is 0. The molecule has 0 spiro atoms. The lowest BCUT2D eigenvalue weighted by Gasteiger charge is -2.44. The number of esters is 2. The second kappa shape index (κ2) is 8.16. The van der Waals surface area contributed by atoms with Gasteiger partial charge < -0.3 is 19.1 Å². The number of benzene rings is 2. The maximum atomic E-state index is 14.4. The molecule has 4 rings (SSSR count). The third-order valence-corrected chi connectivity index (χ3v) is 5.23. The fourth-order valence-corrected chi connectivity index (χ4v) is 3.83. The van der Waals surface area contributed by atoms with Crippen LogP contribution in [-0.4, -0.2) is 38.6 Å². The molecule has 2 heterocycles. The number of ether oxygens (including phenoxy) is 3. The fourth-order valence-electron chi connectivity index (χ4n) is 3.83. The van der Waals surface area contributed by atoms with Gasteiger partial charge in [-0.2, -0.15) is 13.2 Å². The number of carbonyl (C=O) groups is 2. The van der Waals surface area contributed by atoms with Gasteiger partial charge in [0.25, 0.3) is 0 Å². The zero-order valence-corrected chi connectivity index (χ0v) is 17.1. The Morgan fingerprint density at radius 3 is 2.25 bits per heavy atom. The molecule has 0 aliphatic carbocycles. The van der Waals surface area contributed by atoms with Gasteiger partial charge in [-0.05, 0) is 35.4 Å². The Morgan fingerprint density at radius 1 is 0.969 bits per heavy atom. The summed E-state index contributed by atoms with van der Waals surface area (Å²) in [6.07, 6.45) is -4.20. The molecule has 2 aromatic carbocycles. The zero-order valence-electron chi connectivity index (χ0n) is 17.1. The summed E-state index contributed by atoms with van der Waals surface area (Å²) in [5.41, 5.74) is -0.550. The van der Waals surface area contributed by atoms with Crippen molar-refractivity contribution in [3.05, 3.63) is 82.6 Å². The third kappa shape index (κ3) is 3.64. The highest BCUT2D eigenvalue weighted by Gasteiger charge is 2.51. The first-order valence-corrected chi connectivity index (χ1v) is 9.56.